The Morgan fingerprint density at radius 1 is 1.22 bits per heavy atom. The fourth-order valence-electron chi connectivity index (χ4n) is 2.77. The SMILES string of the molecule is CN(CC(O)c1ccc(N)cc1)C1CCCCC1. The summed E-state index contributed by atoms with van der Waals surface area (Å²) in [6, 6.07) is 8.16. The van der Waals surface area contributed by atoms with E-state index in [0.29, 0.717) is 12.6 Å². The van der Waals surface area contributed by atoms with Crippen molar-refractivity contribution >= 4 is 5.69 Å². The van der Waals surface area contributed by atoms with E-state index < -0.39 is 6.10 Å². The molecule has 0 saturated heterocycles. The Balaban J connectivity index is 1.89. The Morgan fingerprint density at radius 3 is 2.44 bits per heavy atom. The summed E-state index contributed by atoms with van der Waals surface area (Å²) >= 11 is 0. The van der Waals surface area contributed by atoms with Gasteiger partial charge in [0.05, 0.1) is 6.10 Å². The molecule has 1 aromatic rings. The summed E-state index contributed by atoms with van der Waals surface area (Å²) in [5, 5.41) is 10.2. The summed E-state index contributed by atoms with van der Waals surface area (Å²) in [6.45, 7) is 0.703. The first-order chi connectivity index (χ1) is 8.66. The zero-order valence-electron chi connectivity index (χ0n) is 11.2. The average Bonchev–Trinajstić information content (AvgIpc) is 2.40. The molecule has 0 radical (unpaired) electrons. The number of anilines is 1. The van der Waals surface area contributed by atoms with Gasteiger partial charge in [-0.05, 0) is 37.6 Å². The third kappa shape index (κ3) is 3.47. The van der Waals surface area contributed by atoms with E-state index in [9.17, 15) is 5.11 Å². The molecular formula is C15H24N2O. The standard InChI is InChI=1S/C15H24N2O/c1-17(14-5-3-2-4-6-14)11-15(18)12-7-9-13(16)10-8-12/h7-10,14-15,18H,2-6,11,16H2,1H3. The van der Waals surface area contributed by atoms with E-state index in [0.717, 1.165) is 11.3 Å². The highest BCUT2D eigenvalue weighted by molar-refractivity contribution is 5.39. The minimum atomic E-state index is -0.419. The van der Waals surface area contributed by atoms with Gasteiger partial charge < -0.3 is 15.7 Å². The normalized spacial score (nSPS) is 19.1. The van der Waals surface area contributed by atoms with Crippen LogP contribution < -0.4 is 5.73 Å². The minimum absolute atomic E-state index is 0.419. The first-order valence-electron chi connectivity index (χ1n) is 6.90. The van der Waals surface area contributed by atoms with E-state index in [1.807, 2.05) is 24.3 Å². The molecule has 18 heavy (non-hydrogen) atoms. The van der Waals surface area contributed by atoms with Crippen LogP contribution in [-0.2, 0) is 0 Å². The van der Waals surface area contributed by atoms with Crippen LogP contribution in [-0.4, -0.2) is 29.6 Å². The quantitative estimate of drug-likeness (QED) is 0.805. The Morgan fingerprint density at radius 2 is 1.83 bits per heavy atom. The highest BCUT2D eigenvalue weighted by Gasteiger charge is 2.20. The van der Waals surface area contributed by atoms with Gasteiger partial charge in [-0.25, -0.2) is 0 Å². The van der Waals surface area contributed by atoms with Crippen LogP contribution in [0.5, 0.6) is 0 Å². The van der Waals surface area contributed by atoms with Crippen molar-refractivity contribution < 1.29 is 5.11 Å². The van der Waals surface area contributed by atoms with Crippen molar-refractivity contribution in [2.75, 3.05) is 19.3 Å². The average molecular weight is 248 g/mol. The second-order valence-electron chi connectivity index (χ2n) is 5.41. The van der Waals surface area contributed by atoms with Gasteiger partial charge in [0.15, 0.2) is 0 Å². The molecule has 1 aliphatic carbocycles. The van der Waals surface area contributed by atoms with Crippen molar-refractivity contribution in [3.8, 4) is 0 Å². The lowest BCUT2D eigenvalue weighted by atomic mass is 9.94. The van der Waals surface area contributed by atoms with Crippen molar-refractivity contribution in [3.05, 3.63) is 29.8 Å². The molecule has 3 N–H and O–H groups in total. The van der Waals surface area contributed by atoms with Gasteiger partial charge in [-0.1, -0.05) is 31.4 Å². The molecule has 0 spiro atoms. The van der Waals surface area contributed by atoms with Crippen LogP contribution in [0.2, 0.25) is 0 Å². The maximum absolute atomic E-state index is 10.2. The number of aliphatic hydroxyl groups is 1. The summed E-state index contributed by atoms with van der Waals surface area (Å²) in [4.78, 5) is 2.31. The molecule has 0 heterocycles. The van der Waals surface area contributed by atoms with Crippen molar-refractivity contribution in [3.63, 3.8) is 0 Å². The van der Waals surface area contributed by atoms with Gasteiger partial charge in [-0.15, -0.1) is 0 Å². The number of nitrogens with zero attached hydrogens (tertiary/aromatic N) is 1. The second-order valence-corrected chi connectivity index (χ2v) is 5.41. The summed E-state index contributed by atoms with van der Waals surface area (Å²) in [5.74, 6) is 0. The lowest BCUT2D eigenvalue weighted by molar-refractivity contribution is 0.0914. The molecule has 1 unspecified atom stereocenters. The van der Waals surface area contributed by atoms with Crippen molar-refractivity contribution in [1.82, 2.24) is 4.90 Å². The Kier molecular flexibility index (Phi) is 4.61. The molecule has 0 amide bonds. The van der Waals surface area contributed by atoms with Crippen LogP contribution in [0.4, 0.5) is 5.69 Å². The lowest BCUT2D eigenvalue weighted by Crippen LogP contribution is -2.36. The maximum Gasteiger partial charge on any atom is 0.0916 e. The number of hydrogen-bond donors (Lipinski definition) is 2. The smallest absolute Gasteiger partial charge is 0.0916 e. The topological polar surface area (TPSA) is 49.5 Å². The van der Waals surface area contributed by atoms with E-state index in [4.69, 9.17) is 5.73 Å². The Labute approximate surface area is 110 Å². The summed E-state index contributed by atoms with van der Waals surface area (Å²) in [7, 11) is 2.12. The highest BCUT2D eigenvalue weighted by atomic mass is 16.3. The number of likely N-dealkylation sites (N-methyl/N-ethyl adjacent to an activating group) is 1. The number of nitrogen functional groups attached to an aromatic ring is 1. The number of hydrogen-bond acceptors (Lipinski definition) is 3. The molecule has 0 aromatic heterocycles. The van der Waals surface area contributed by atoms with E-state index in [1.165, 1.54) is 32.1 Å². The van der Waals surface area contributed by atoms with Gasteiger partial charge in [0, 0.05) is 18.3 Å². The molecule has 3 nitrogen and oxygen atoms in total. The Bertz CT molecular complexity index is 357. The van der Waals surface area contributed by atoms with Crippen LogP contribution >= 0.6 is 0 Å². The van der Waals surface area contributed by atoms with Gasteiger partial charge in [-0.3, -0.25) is 0 Å². The molecular weight excluding hydrogens is 224 g/mol. The molecule has 1 saturated carbocycles. The predicted molar refractivity (Wildman–Crippen MR) is 75.3 cm³/mol. The second kappa shape index (κ2) is 6.21. The van der Waals surface area contributed by atoms with Gasteiger partial charge in [0.25, 0.3) is 0 Å². The number of benzene rings is 1. The van der Waals surface area contributed by atoms with Crippen molar-refractivity contribution in [2.45, 2.75) is 44.2 Å². The molecule has 1 atom stereocenters. The summed E-state index contributed by atoms with van der Waals surface area (Å²) in [5.41, 5.74) is 7.35. The molecule has 0 aliphatic heterocycles. The molecule has 1 aliphatic rings. The molecule has 1 aromatic carbocycles. The van der Waals surface area contributed by atoms with Crippen LogP contribution in [0.25, 0.3) is 0 Å². The van der Waals surface area contributed by atoms with E-state index >= 15 is 0 Å². The lowest BCUT2D eigenvalue weighted by Gasteiger charge is -2.32. The first kappa shape index (κ1) is 13.4. The molecule has 3 heteroatoms. The maximum atomic E-state index is 10.2. The van der Waals surface area contributed by atoms with Crippen molar-refractivity contribution in [1.29, 1.82) is 0 Å². The van der Waals surface area contributed by atoms with Gasteiger partial charge in [0.2, 0.25) is 0 Å². The Hall–Kier alpha value is -1.06. The zero-order valence-corrected chi connectivity index (χ0v) is 11.2. The number of nitrogens with two attached hydrogens (primary N) is 1. The van der Waals surface area contributed by atoms with E-state index in [2.05, 4.69) is 11.9 Å². The first-order valence-corrected chi connectivity index (χ1v) is 6.90. The van der Waals surface area contributed by atoms with Crippen LogP contribution in [0.3, 0.4) is 0 Å². The van der Waals surface area contributed by atoms with Crippen LogP contribution in [0.1, 0.15) is 43.8 Å². The fraction of sp³-hybridized carbons (Fsp3) is 0.600. The monoisotopic (exact) mass is 248 g/mol. The highest BCUT2D eigenvalue weighted by Crippen LogP contribution is 2.24. The largest absolute Gasteiger partial charge is 0.399 e. The van der Waals surface area contributed by atoms with Gasteiger partial charge in [-0.2, -0.15) is 0 Å². The van der Waals surface area contributed by atoms with E-state index in [1.54, 1.807) is 0 Å². The van der Waals surface area contributed by atoms with Crippen LogP contribution in [0.15, 0.2) is 24.3 Å². The zero-order chi connectivity index (χ0) is 13.0. The van der Waals surface area contributed by atoms with Crippen molar-refractivity contribution in [2.24, 2.45) is 0 Å². The summed E-state index contributed by atoms with van der Waals surface area (Å²) < 4.78 is 0. The molecule has 2 rings (SSSR count). The van der Waals surface area contributed by atoms with Gasteiger partial charge in [0.1, 0.15) is 0 Å². The molecule has 0 bridgehead atoms. The third-order valence-corrected chi connectivity index (χ3v) is 3.98. The van der Waals surface area contributed by atoms with E-state index in [-0.39, 0.29) is 0 Å². The predicted octanol–water partition coefficient (Wildman–Crippen LogP) is 2.57. The van der Waals surface area contributed by atoms with Crippen LogP contribution in [0, 0.1) is 0 Å². The number of aliphatic hydroxyl groups excluding tert-OH is 1. The molecule has 1 fully saturated rings. The molecule has 100 valence electrons. The number of rotatable bonds is 4. The fourth-order valence-corrected chi connectivity index (χ4v) is 2.77. The third-order valence-electron chi connectivity index (χ3n) is 3.98. The minimum Gasteiger partial charge on any atom is -0.399 e. The van der Waals surface area contributed by atoms with Gasteiger partial charge >= 0.3 is 0 Å². The summed E-state index contributed by atoms with van der Waals surface area (Å²) in [6.07, 6.45) is 6.14.